The molecule has 1 aliphatic rings. The third-order valence-corrected chi connectivity index (χ3v) is 5.30. The smallest absolute Gasteiger partial charge is 0.192 e. The van der Waals surface area contributed by atoms with Crippen molar-refractivity contribution in [3.8, 4) is 17.2 Å². The highest BCUT2D eigenvalue weighted by Crippen LogP contribution is 2.46. The average molecular weight is 377 g/mol. The normalized spacial score (nSPS) is 18.9. The molecule has 1 nitrogen and oxygen atoms in total. The Balaban J connectivity index is 1.97. The van der Waals surface area contributed by atoms with Crippen LogP contribution in [0.3, 0.4) is 0 Å². The highest BCUT2D eigenvalue weighted by molar-refractivity contribution is 5.70. The van der Waals surface area contributed by atoms with E-state index in [1.807, 2.05) is 24.3 Å². The molecule has 0 fully saturated rings. The number of hydrogen-bond acceptors (Lipinski definition) is 1. The van der Waals surface area contributed by atoms with Crippen molar-refractivity contribution in [1.29, 1.82) is 5.26 Å². The first-order valence-corrected chi connectivity index (χ1v) is 9.94. The van der Waals surface area contributed by atoms with Gasteiger partial charge in [-0.25, -0.2) is 8.78 Å². The molecular formula is C25H25F2N. The summed E-state index contributed by atoms with van der Waals surface area (Å²) in [6, 6.07) is 16.8. The highest BCUT2D eigenvalue weighted by atomic mass is 19.2. The number of benzene rings is 2. The lowest BCUT2D eigenvalue weighted by Gasteiger charge is -2.28. The molecule has 2 aromatic rings. The highest BCUT2D eigenvalue weighted by Gasteiger charge is 2.41. The second-order valence-electron chi connectivity index (χ2n) is 7.30. The zero-order chi connectivity index (χ0) is 20.0. The van der Waals surface area contributed by atoms with Crippen LogP contribution in [0.15, 0.2) is 72.1 Å². The van der Waals surface area contributed by atoms with Crippen LogP contribution in [0.4, 0.5) is 8.78 Å². The first-order valence-electron chi connectivity index (χ1n) is 9.94. The fourth-order valence-corrected chi connectivity index (χ4v) is 3.76. The Bertz CT molecular complexity index is 936. The predicted molar refractivity (Wildman–Crippen MR) is 110 cm³/mol. The standard InChI is InChI=1S/C25H25F2N/c1-2-3-4-5-10-19-11-8-12-20(17-19)22-14-6-7-15-23(22)25(27)16-9-13-21(18-28)24(25)26/h6-9,11-15,17H,2-5,10,16H2,1H3. The predicted octanol–water partition coefficient (Wildman–Crippen LogP) is 7.35. The molecule has 144 valence electrons. The third kappa shape index (κ3) is 4.07. The van der Waals surface area contributed by atoms with Crippen LogP contribution in [0, 0.1) is 11.3 Å². The second kappa shape index (κ2) is 8.97. The fourth-order valence-electron chi connectivity index (χ4n) is 3.76. The van der Waals surface area contributed by atoms with E-state index in [-0.39, 0.29) is 17.6 Å². The zero-order valence-corrected chi connectivity index (χ0v) is 16.2. The molecular weight excluding hydrogens is 352 g/mol. The summed E-state index contributed by atoms with van der Waals surface area (Å²) in [5, 5.41) is 9.12. The third-order valence-electron chi connectivity index (χ3n) is 5.30. The van der Waals surface area contributed by atoms with Gasteiger partial charge < -0.3 is 0 Å². The van der Waals surface area contributed by atoms with Gasteiger partial charge in [0.05, 0.1) is 5.57 Å². The SMILES string of the molecule is CCCCCCc1cccc(-c2ccccc2C2(F)CC=CC(C#N)=C2F)c1. The summed E-state index contributed by atoms with van der Waals surface area (Å²) in [5.74, 6) is -0.999. The van der Waals surface area contributed by atoms with Gasteiger partial charge in [0.15, 0.2) is 11.5 Å². The fraction of sp³-hybridized carbons (Fsp3) is 0.320. The van der Waals surface area contributed by atoms with Crippen molar-refractivity contribution in [2.45, 2.75) is 51.1 Å². The number of hydrogen-bond donors (Lipinski definition) is 0. The number of rotatable bonds is 7. The minimum absolute atomic E-state index is 0.113. The number of aryl methyl sites for hydroxylation is 1. The molecule has 3 rings (SSSR count). The summed E-state index contributed by atoms with van der Waals surface area (Å²) in [7, 11) is 0. The van der Waals surface area contributed by atoms with Crippen LogP contribution >= 0.6 is 0 Å². The molecule has 0 aliphatic heterocycles. The summed E-state index contributed by atoms with van der Waals surface area (Å²) < 4.78 is 30.7. The van der Waals surface area contributed by atoms with E-state index in [1.54, 1.807) is 18.2 Å². The number of nitriles is 1. The quantitative estimate of drug-likeness (QED) is 0.463. The van der Waals surface area contributed by atoms with E-state index in [1.165, 1.54) is 37.0 Å². The molecule has 0 spiro atoms. The maximum Gasteiger partial charge on any atom is 0.192 e. The number of nitrogens with zero attached hydrogens (tertiary/aromatic N) is 1. The molecule has 0 saturated heterocycles. The van der Waals surface area contributed by atoms with Crippen molar-refractivity contribution in [2.24, 2.45) is 0 Å². The zero-order valence-electron chi connectivity index (χ0n) is 16.2. The Labute approximate surface area is 166 Å². The topological polar surface area (TPSA) is 23.8 Å². The van der Waals surface area contributed by atoms with Crippen LogP contribution < -0.4 is 0 Å². The van der Waals surface area contributed by atoms with E-state index >= 15 is 4.39 Å². The van der Waals surface area contributed by atoms with Gasteiger partial charge in [-0.05, 0) is 35.6 Å². The Morgan fingerprint density at radius 3 is 2.68 bits per heavy atom. The van der Waals surface area contributed by atoms with E-state index in [2.05, 4.69) is 19.1 Å². The van der Waals surface area contributed by atoms with Crippen molar-refractivity contribution < 1.29 is 8.78 Å². The van der Waals surface area contributed by atoms with Gasteiger partial charge in [0.1, 0.15) is 6.07 Å². The Morgan fingerprint density at radius 2 is 1.89 bits per heavy atom. The van der Waals surface area contributed by atoms with Crippen LogP contribution in [0.5, 0.6) is 0 Å². The maximum atomic E-state index is 15.8. The lowest BCUT2D eigenvalue weighted by atomic mass is 9.81. The molecule has 1 unspecified atom stereocenters. The van der Waals surface area contributed by atoms with Crippen molar-refractivity contribution in [3.05, 3.63) is 83.2 Å². The lowest BCUT2D eigenvalue weighted by Crippen LogP contribution is -2.24. The molecule has 3 heteroatoms. The minimum atomic E-state index is -2.31. The van der Waals surface area contributed by atoms with Crippen LogP contribution in [0.25, 0.3) is 11.1 Å². The van der Waals surface area contributed by atoms with Gasteiger partial charge in [0, 0.05) is 12.0 Å². The van der Waals surface area contributed by atoms with Crippen LogP contribution in [0.2, 0.25) is 0 Å². The first-order chi connectivity index (χ1) is 13.6. The number of halogens is 2. The molecule has 0 saturated carbocycles. The summed E-state index contributed by atoms with van der Waals surface area (Å²) in [6.07, 6.45) is 8.50. The van der Waals surface area contributed by atoms with Gasteiger partial charge in [-0.2, -0.15) is 5.26 Å². The molecule has 0 aromatic heterocycles. The van der Waals surface area contributed by atoms with Gasteiger partial charge in [-0.15, -0.1) is 0 Å². The molecule has 0 amide bonds. The molecule has 0 heterocycles. The van der Waals surface area contributed by atoms with E-state index < -0.39 is 11.5 Å². The van der Waals surface area contributed by atoms with Crippen molar-refractivity contribution in [2.75, 3.05) is 0 Å². The monoisotopic (exact) mass is 377 g/mol. The molecule has 0 N–H and O–H groups in total. The van der Waals surface area contributed by atoms with Gasteiger partial charge in [-0.3, -0.25) is 0 Å². The van der Waals surface area contributed by atoms with Crippen LogP contribution in [-0.4, -0.2) is 0 Å². The van der Waals surface area contributed by atoms with Crippen LogP contribution in [-0.2, 0) is 12.1 Å². The number of allylic oxidation sites excluding steroid dienone is 4. The van der Waals surface area contributed by atoms with E-state index in [9.17, 15) is 4.39 Å². The Morgan fingerprint density at radius 1 is 1.07 bits per heavy atom. The second-order valence-corrected chi connectivity index (χ2v) is 7.30. The molecule has 28 heavy (non-hydrogen) atoms. The van der Waals surface area contributed by atoms with E-state index in [4.69, 9.17) is 5.26 Å². The molecule has 1 aliphatic carbocycles. The summed E-state index contributed by atoms with van der Waals surface area (Å²) in [4.78, 5) is 0. The van der Waals surface area contributed by atoms with E-state index in [0.29, 0.717) is 5.56 Å². The van der Waals surface area contributed by atoms with Gasteiger partial charge in [-0.1, -0.05) is 80.8 Å². The van der Waals surface area contributed by atoms with E-state index in [0.717, 1.165) is 18.4 Å². The summed E-state index contributed by atoms with van der Waals surface area (Å²) in [5.41, 5.74) is 0.465. The van der Waals surface area contributed by atoms with Crippen molar-refractivity contribution >= 4 is 0 Å². The van der Waals surface area contributed by atoms with Gasteiger partial charge in [0.2, 0.25) is 0 Å². The number of unbranched alkanes of at least 4 members (excludes halogenated alkanes) is 3. The van der Waals surface area contributed by atoms with Crippen LogP contribution in [0.1, 0.15) is 50.2 Å². The Hall–Kier alpha value is -2.73. The lowest BCUT2D eigenvalue weighted by molar-refractivity contribution is 0.176. The van der Waals surface area contributed by atoms with Crippen molar-refractivity contribution in [3.63, 3.8) is 0 Å². The van der Waals surface area contributed by atoms with Crippen molar-refractivity contribution in [1.82, 2.24) is 0 Å². The molecule has 0 radical (unpaired) electrons. The van der Waals surface area contributed by atoms with Gasteiger partial charge in [0.25, 0.3) is 0 Å². The first kappa shape index (κ1) is 20.0. The summed E-state index contributed by atoms with van der Waals surface area (Å²) >= 11 is 0. The largest absolute Gasteiger partial charge is 0.230 e. The molecule has 1 atom stereocenters. The molecule has 2 aromatic carbocycles. The average Bonchev–Trinajstić information content (AvgIpc) is 2.73. The minimum Gasteiger partial charge on any atom is -0.230 e. The number of alkyl halides is 1. The summed E-state index contributed by atoms with van der Waals surface area (Å²) in [6.45, 7) is 2.19. The molecule has 0 bridgehead atoms. The van der Waals surface area contributed by atoms with Gasteiger partial charge >= 0.3 is 0 Å². The maximum absolute atomic E-state index is 15.8. The Kier molecular flexibility index (Phi) is 6.41.